The van der Waals surface area contributed by atoms with Gasteiger partial charge in [-0.2, -0.15) is 0 Å². The number of benzene rings is 2. The zero-order chi connectivity index (χ0) is 17.6. The van der Waals surface area contributed by atoms with E-state index in [4.69, 9.17) is 0 Å². The summed E-state index contributed by atoms with van der Waals surface area (Å²) < 4.78 is 0. The van der Waals surface area contributed by atoms with E-state index >= 15 is 0 Å². The second-order valence-corrected chi connectivity index (χ2v) is 6.67. The van der Waals surface area contributed by atoms with Crippen LogP contribution in [0.1, 0.15) is 11.1 Å². The molecule has 1 aromatic heterocycles. The molecule has 2 aromatic carbocycles. The van der Waals surface area contributed by atoms with Crippen LogP contribution in [0.5, 0.6) is 0 Å². The van der Waals surface area contributed by atoms with Gasteiger partial charge in [0.05, 0.1) is 11.4 Å². The lowest BCUT2D eigenvalue weighted by molar-refractivity contribution is -0.113. The molecule has 3 rings (SSSR count). The molecule has 4 nitrogen and oxygen atoms in total. The SMILES string of the molecule is Cc1ccc(-c2ccnc(SCC(=O)Nc3ccccc3)n2)cc1C. The van der Waals surface area contributed by atoms with Crippen molar-refractivity contribution >= 4 is 23.4 Å². The molecule has 0 fully saturated rings. The van der Waals surface area contributed by atoms with E-state index in [1.807, 2.05) is 36.4 Å². The number of aromatic nitrogens is 2. The lowest BCUT2D eigenvalue weighted by Gasteiger charge is -2.07. The summed E-state index contributed by atoms with van der Waals surface area (Å²) in [5, 5.41) is 3.45. The van der Waals surface area contributed by atoms with E-state index < -0.39 is 0 Å². The zero-order valence-corrected chi connectivity index (χ0v) is 15.0. The second-order valence-electron chi connectivity index (χ2n) is 5.73. The van der Waals surface area contributed by atoms with E-state index in [1.54, 1.807) is 6.20 Å². The summed E-state index contributed by atoms with van der Waals surface area (Å²) >= 11 is 1.33. The number of hydrogen-bond donors (Lipinski definition) is 1. The lowest BCUT2D eigenvalue weighted by Crippen LogP contribution is -2.14. The van der Waals surface area contributed by atoms with Crippen molar-refractivity contribution in [3.05, 3.63) is 71.9 Å². The number of hydrogen-bond acceptors (Lipinski definition) is 4. The van der Waals surface area contributed by atoms with Crippen molar-refractivity contribution in [1.82, 2.24) is 9.97 Å². The summed E-state index contributed by atoms with van der Waals surface area (Å²) in [5.41, 5.74) is 5.19. The van der Waals surface area contributed by atoms with Gasteiger partial charge in [0.2, 0.25) is 5.91 Å². The van der Waals surface area contributed by atoms with Gasteiger partial charge in [-0.25, -0.2) is 9.97 Å². The smallest absolute Gasteiger partial charge is 0.234 e. The molecule has 0 unspecified atom stereocenters. The van der Waals surface area contributed by atoms with Gasteiger partial charge in [0.25, 0.3) is 0 Å². The number of carbonyl (C=O) groups is 1. The van der Waals surface area contributed by atoms with Crippen molar-refractivity contribution in [3.8, 4) is 11.3 Å². The summed E-state index contributed by atoms with van der Waals surface area (Å²) in [4.78, 5) is 20.9. The minimum absolute atomic E-state index is 0.0728. The Hall–Kier alpha value is -2.66. The largest absolute Gasteiger partial charge is 0.325 e. The Morgan fingerprint density at radius 3 is 2.60 bits per heavy atom. The van der Waals surface area contributed by atoms with Crippen LogP contribution < -0.4 is 5.32 Å². The number of aryl methyl sites for hydroxylation is 2. The molecule has 5 heteroatoms. The van der Waals surface area contributed by atoms with E-state index in [-0.39, 0.29) is 11.7 Å². The number of anilines is 1. The van der Waals surface area contributed by atoms with Gasteiger partial charge < -0.3 is 5.32 Å². The van der Waals surface area contributed by atoms with Crippen LogP contribution in [0.15, 0.2) is 66.0 Å². The third kappa shape index (κ3) is 4.67. The topological polar surface area (TPSA) is 54.9 Å². The predicted molar refractivity (Wildman–Crippen MR) is 103 cm³/mol. The van der Waals surface area contributed by atoms with Crippen molar-refractivity contribution in [1.29, 1.82) is 0 Å². The van der Waals surface area contributed by atoms with Crippen LogP contribution >= 0.6 is 11.8 Å². The van der Waals surface area contributed by atoms with Crippen molar-refractivity contribution in [2.75, 3.05) is 11.1 Å². The normalized spacial score (nSPS) is 10.5. The molecule has 3 aromatic rings. The Balaban J connectivity index is 1.65. The third-order valence-corrected chi connectivity index (χ3v) is 4.69. The first-order valence-corrected chi connectivity index (χ1v) is 8.99. The summed E-state index contributed by atoms with van der Waals surface area (Å²) in [6, 6.07) is 17.6. The fraction of sp³-hybridized carbons (Fsp3) is 0.150. The van der Waals surface area contributed by atoms with Gasteiger partial charge in [-0.3, -0.25) is 4.79 Å². The minimum Gasteiger partial charge on any atom is -0.325 e. The molecule has 0 saturated heterocycles. The van der Waals surface area contributed by atoms with Crippen molar-refractivity contribution in [2.45, 2.75) is 19.0 Å². The number of nitrogens with zero attached hydrogens (tertiary/aromatic N) is 2. The Morgan fingerprint density at radius 1 is 1.04 bits per heavy atom. The van der Waals surface area contributed by atoms with Crippen LogP contribution in [-0.4, -0.2) is 21.6 Å². The molecule has 1 N–H and O–H groups in total. The summed E-state index contributed by atoms with van der Waals surface area (Å²) in [6.45, 7) is 4.18. The van der Waals surface area contributed by atoms with Crippen molar-refractivity contribution < 1.29 is 4.79 Å². The minimum atomic E-state index is -0.0728. The lowest BCUT2D eigenvalue weighted by atomic mass is 10.0. The van der Waals surface area contributed by atoms with Gasteiger partial charge in [-0.1, -0.05) is 42.1 Å². The van der Waals surface area contributed by atoms with Crippen LogP contribution in [0.4, 0.5) is 5.69 Å². The van der Waals surface area contributed by atoms with Gasteiger partial charge in [-0.05, 0) is 49.2 Å². The number of nitrogens with one attached hydrogen (secondary N) is 1. The average Bonchev–Trinajstić information content (AvgIpc) is 2.63. The molecule has 0 aliphatic carbocycles. The van der Waals surface area contributed by atoms with Crippen LogP contribution in [0, 0.1) is 13.8 Å². The summed E-state index contributed by atoms with van der Waals surface area (Å²) in [6.07, 6.45) is 1.73. The monoisotopic (exact) mass is 349 g/mol. The van der Waals surface area contributed by atoms with E-state index in [9.17, 15) is 4.79 Å². The van der Waals surface area contributed by atoms with Gasteiger partial charge in [0.1, 0.15) is 0 Å². The van der Waals surface area contributed by atoms with Crippen LogP contribution in [0.25, 0.3) is 11.3 Å². The molecule has 126 valence electrons. The summed E-state index contributed by atoms with van der Waals surface area (Å²) in [7, 11) is 0. The first-order valence-electron chi connectivity index (χ1n) is 8.00. The molecule has 25 heavy (non-hydrogen) atoms. The number of carbonyl (C=O) groups excluding carboxylic acids is 1. The molecule has 1 amide bonds. The molecule has 0 aliphatic rings. The number of rotatable bonds is 5. The fourth-order valence-corrected chi connectivity index (χ4v) is 2.95. The highest BCUT2D eigenvalue weighted by molar-refractivity contribution is 7.99. The molecular weight excluding hydrogens is 330 g/mol. The highest BCUT2D eigenvalue weighted by Crippen LogP contribution is 2.22. The maximum absolute atomic E-state index is 12.0. The Kier molecular flexibility index (Phi) is 5.46. The highest BCUT2D eigenvalue weighted by atomic mass is 32.2. The van der Waals surface area contributed by atoms with E-state index in [2.05, 4.69) is 47.3 Å². The molecule has 0 bridgehead atoms. The number of amides is 1. The number of para-hydroxylation sites is 1. The van der Waals surface area contributed by atoms with E-state index in [1.165, 1.54) is 22.9 Å². The molecule has 0 spiro atoms. The van der Waals surface area contributed by atoms with Crippen molar-refractivity contribution in [3.63, 3.8) is 0 Å². The zero-order valence-electron chi connectivity index (χ0n) is 14.2. The fourth-order valence-electron chi connectivity index (χ4n) is 2.32. The van der Waals surface area contributed by atoms with Gasteiger partial charge in [-0.15, -0.1) is 0 Å². The average molecular weight is 349 g/mol. The molecular formula is C20H19N3OS. The van der Waals surface area contributed by atoms with Gasteiger partial charge in [0.15, 0.2) is 5.16 Å². The Bertz CT molecular complexity index is 881. The predicted octanol–water partition coefficient (Wildman–Crippen LogP) is 4.49. The maximum atomic E-state index is 12.0. The molecule has 0 aliphatic heterocycles. The van der Waals surface area contributed by atoms with Crippen LogP contribution in [0.3, 0.4) is 0 Å². The van der Waals surface area contributed by atoms with Gasteiger partial charge >= 0.3 is 0 Å². The molecule has 0 saturated carbocycles. The first-order chi connectivity index (χ1) is 12.1. The highest BCUT2D eigenvalue weighted by Gasteiger charge is 2.08. The quantitative estimate of drug-likeness (QED) is 0.545. The van der Waals surface area contributed by atoms with Crippen molar-refractivity contribution in [2.24, 2.45) is 0 Å². The second kappa shape index (κ2) is 7.94. The standard InChI is InChI=1S/C20H19N3OS/c1-14-8-9-16(12-15(14)2)18-10-11-21-20(23-18)25-13-19(24)22-17-6-4-3-5-7-17/h3-12H,13H2,1-2H3,(H,22,24). The molecule has 0 radical (unpaired) electrons. The van der Waals surface area contributed by atoms with E-state index in [0.717, 1.165) is 16.9 Å². The molecule has 0 atom stereocenters. The first kappa shape index (κ1) is 17.2. The third-order valence-electron chi connectivity index (χ3n) is 3.83. The maximum Gasteiger partial charge on any atom is 0.234 e. The molecule has 1 heterocycles. The van der Waals surface area contributed by atoms with Crippen LogP contribution in [-0.2, 0) is 4.79 Å². The summed E-state index contributed by atoms with van der Waals surface area (Å²) in [5.74, 6) is 0.196. The van der Waals surface area contributed by atoms with E-state index in [0.29, 0.717) is 5.16 Å². The Labute approximate surface area is 151 Å². The van der Waals surface area contributed by atoms with Gasteiger partial charge in [0, 0.05) is 17.4 Å². The van der Waals surface area contributed by atoms with Crippen LogP contribution in [0.2, 0.25) is 0 Å². The number of thioether (sulfide) groups is 1. The Morgan fingerprint density at radius 2 is 1.84 bits per heavy atom.